The number of nitrogens with one attached hydrogen (secondary N) is 1. The van der Waals surface area contributed by atoms with E-state index in [1.165, 1.54) is 16.2 Å². The Bertz CT molecular complexity index is 1140. The zero-order chi connectivity index (χ0) is 23.7. The summed E-state index contributed by atoms with van der Waals surface area (Å²) in [5.41, 5.74) is 2.50. The van der Waals surface area contributed by atoms with Crippen LogP contribution >= 0.6 is 34.7 Å². The van der Waals surface area contributed by atoms with E-state index in [0.29, 0.717) is 39.2 Å². The van der Waals surface area contributed by atoms with E-state index in [-0.39, 0.29) is 30.0 Å². The number of carbonyl (C=O) groups is 2. The van der Waals surface area contributed by atoms with Crippen LogP contribution in [0.2, 0.25) is 5.02 Å². The molecule has 2 saturated heterocycles. The van der Waals surface area contributed by atoms with Gasteiger partial charge in [0.15, 0.2) is 6.17 Å². The third kappa shape index (κ3) is 4.84. The van der Waals surface area contributed by atoms with E-state index in [1.54, 1.807) is 25.2 Å². The molecule has 1 aromatic carbocycles. The number of hydrogen-bond acceptors (Lipinski definition) is 8. The Hall–Kier alpha value is -2.27. The number of amides is 2. The number of thioether (sulfide) groups is 1. The summed E-state index contributed by atoms with van der Waals surface area (Å²) in [4.78, 5) is 35.4. The highest BCUT2D eigenvalue weighted by Gasteiger charge is 2.32. The van der Waals surface area contributed by atoms with Crippen molar-refractivity contribution >= 4 is 64.0 Å². The molecule has 2 aliphatic heterocycles. The molecule has 1 aromatic heterocycles. The smallest absolute Gasteiger partial charge is 0.289 e. The van der Waals surface area contributed by atoms with Gasteiger partial charge in [0.2, 0.25) is 5.91 Å². The Labute approximate surface area is 204 Å². The number of nitrogens with zero attached hydrogens (tertiary/aromatic N) is 3. The van der Waals surface area contributed by atoms with E-state index in [9.17, 15) is 14.0 Å². The lowest BCUT2D eigenvalue weighted by molar-refractivity contribution is -0.124. The molecular weight excluding hydrogens is 487 g/mol. The molecule has 2 aliphatic rings. The summed E-state index contributed by atoms with van der Waals surface area (Å²) < 4.78 is 20.4. The first-order chi connectivity index (χ1) is 15.8. The van der Waals surface area contributed by atoms with Crippen molar-refractivity contribution in [1.82, 2.24) is 10.2 Å². The molecule has 0 radical (unpaired) electrons. The van der Waals surface area contributed by atoms with E-state index < -0.39 is 12.3 Å². The monoisotopic (exact) mass is 508 g/mol. The van der Waals surface area contributed by atoms with Gasteiger partial charge in [-0.15, -0.1) is 11.3 Å². The molecule has 0 saturated carbocycles. The summed E-state index contributed by atoms with van der Waals surface area (Å²) in [6.45, 7) is 6.31. The highest BCUT2D eigenvalue weighted by Crippen LogP contribution is 2.38. The van der Waals surface area contributed by atoms with Crippen LogP contribution in [0.4, 0.5) is 14.9 Å². The van der Waals surface area contributed by atoms with E-state index >= 15 is 0 Å². The second kappa shape index (κ2) is 9.92. The number of benzene rings is 1. The van der Waals surface area contributed by atoms with Crippen molar-refractivity contribution in [3.05, 3.63) is 44.1 Å². The average molecular weight is 509 g/mol. The van der Waals surface area contributed by atoms with Crippen molar-refractivity contribution in [2.24, 2.45) is 9.98 Å². The molecule has 0 spiro atoms. The fourth-order valence-corrected chi connectivity index (χ4v) is 5.93. The lowest BCUT2D eigenvalue weighted by Gasteiger charge is -2.21. The van der Waals surface area contributed by atoms with Gasteiger partial charge >= 0.3 is 0 Å². The van der Waals surface area contributed by atoms with Crippen LogP contribution in [-0.2, 0) is 11.3 Å². The van der Waals surface area contributed by atoms with Crippen molar-refractivity contribution < 1.29 is 18.7 Å². The zero-order valence-corrected chi connectivity index (χ0v) is 20.5. The normalized spacial score (nSPS) is 21.2. The number of halogens is 2. The van der Waals surface area contributed by atoms with Gasteiger partial charge in [0.05, 0.1) is 28.6 Å². The number of rotatable bonds is 7. The molecule has 2 amide bonds. The van der Waals surface area contributed by atoms with Gasteiger partial charge in [0.25, 0.3) is 5.24 Å². The molecule has 2 atom stereocenters. The van der Waals surface area contributed by atoms with Crippen LogP contribution in [0.15, 0.2) is 28.2 Å². The van der Waals surface area contributed by atoms with Gasteiger partial charge in [-0.3, -0.25) is 24.5 Å². The number of hydrogen-bond donors (Lipinski definition) is 1. The molecule has 4 rings (SSSR count). The molecule has 2 aromatic rings. The molecule has 11 heteroatoms. The Kier molecular flexibility index (Phi) is 7.18. The molecule has 0 unspecified atom stereocenters. The molecule has 1 N–H and O–H groups in total. The number of aryl methyl sites for hydroxylation is 1. The molecule has 7 nitrogen and oxygen atoms in total. The van der Waals surface area contributed by atoms with Gasteiger partial charge in [0, 0.05) is 35.6 Å². The molecule has 0 aliphatic carbocycles. The van der Waals surface area contributed by atoms with Crippen LogP contribution in [-0.4, -0.2) is 66.6 Å². The number of ether oxygens (including phenoxy) is 1. The molecular formula is C22H22ClFN4O3S2. The minimum atomic E-state index is -1.12. The van der Waals surface area contributed by atoms with Crippen molar-refractivity contribution in [3.8, 4) is 5.75 Å². The Morgan fingerprint density at radius 1 is 1.36 bits per heavy atom. The van der Waals surface area contributed by atoms with E-state index in [1.807, 2.05) is 6.92 Å². The minimum Gasteiger partial charge on any atom is -0.485 e. The van der Waals surface area contributed by atoms with E-state index in [2.05, 4.69) is 22.0 Å². The van der Waals surface area contributed by atoms with Crippen LogP contribution in [0.3, 0.4) is 0 Å². The van der Waals surface area contributed by atoms with Crippen molar-refractivity contribution in [2.45, 2.75) is 25.7 Å². The maximum atomic E-state index is 14.3. The van der Waals surface area contributed by atoms with Crippen molar-refractivity contribution in [2.75, 3.05) is 25.9 Å². The second-order valence-corrected chi connectivity index (χ2v) is 10.1. The minimum absolute atomic E-state index is 0.152. The first-order valence-electron chi connectivity index (χ1n) is 10.2. The van der Waals surface area contributed by atoms with Crippen LogP contribution in [0.5, 0.6) is 5.75 Å². The SMILES string of the molecule is C=Nc1cc(CN2C(=O)CSC2=O)sc1C(=NC)c1cc(Cl)cc(C)c1O[C@@H]1CNC[C@@H]1F. The lowest BCUT2D eigenvalue weighted by Crippen LogP contribution is -2.28. The summed E-state index contributed by atoms with van der Waals surface area (Å²) in [6.07, 6.45) is -1.75. The number of thiophene rings is 1. The topological polar surface area (TPSA) is 83.4 Å². The standard InChI is InChI=1S/C22H22ClFN4O3S2/c1-11-4-12(23)5-14(20(11)31-17-8-27-7-15(17)24)19(26-3)21-16(25-2)6-13(33-21)9-28-18(29)10-32-22(28)30/h4-6,15,17,27H,2,7-10H2,1,3H3/t15-,17+/m0/s1. The first kappa shape index (κ1) is 23.9. The Morgan fingerprint density at radius 3 is 2.76 bits per heavy atom. The van der Waals surface area contributed by atoms with Crippen molar-refractivity contribution in [3.63, 3.8) is 0 Å². The molecule has 0 bridgehead atoms. The van der Waals surface area contributed by atoms with Crippen LogP contribution in [0.1, 0.15) is 20.9 Å². The summed E-state index contributed by atoms with van der Waals surface area (Å²) in [5.74, 6) is 0.437. The average Bonchev–Trinajstić information content (AvgIpc) is 3.46. The number of imide groups is 1. The summed E-state index contributed by atoms with van der Waals surface area (Å²) in [5, 5.41) is 3.22. The Morgan fingerprint density at radius 2 is 2.15 bits per heavy atom. The van der Waals surface area contributed by atoms with Crippen LogP contribution < -0.4 is 10.1 Å². The molecule has 174 valence electrons. The van der Waals surface area contributed by atoms with Gasteiger partial charge in [-0.1, -0.05) is 23.4 Å². The summed E-state index contributed by atoms with van der Waals surface area (Å²) in [7, 11) is 1.64. The van der Waals surface area contributed by atoms with Gasteiger partial charge in [-0.05, 0) is 37.4 Å². The highest BCUT2D eigenvalue weighted by molar-refractivity contribution is 8.14. The summed E-state index contributed by atoms with van der Waals surface area (Å²) in [6, 6.07) is 5.29. The summed E-state index contributed by atoms with van der Waals surface area (Å²) >= 11 is 8.72. The molecule has 3 heterocycles. The third-order valence-electron chi connectivity index (χ3n) is 5.38. The maximum Gasteiger partial charge on any atom is 0.289 e. The fraction of sp³-hybridized carbons (Fsp3) is 0.364. The van der Waals surface area contributed by atoms with Crippen LogP contribution in [0.25, 0.3) is 0 Å². The number of alkyl halides is 1. The quantitative estimate of drug-likeness (QED) is 0.561. The second-order valence-electron chi connectivity index (χ2n) is 7.62. The predicted molar refractivity (Wildman–Crippen MR) is 132 cm³/mol. The molecule has 33 heavy (non-hydrogen) atoms. The van der Waals surface area contributed by atoms with E-state index in [0.717, 1.165) is 22.2 Å². The largest absolute Gasteiger partial charge is 0.485 e. The lowest BCUT2D eigenvalue weighted by atomic mass is 10.0. The third-order valence-corrected chi connectivity index (χ3v) is 7.57. The first-order valence-corrected chi connectivity index (χ1v) is 12.4. The van der Waals surface area contributed by atoms with Crippen molar-refractivity contribution in [1.29, 1.82) is 0 Å². The molecule has 2 fully saturated rings. The van der Waals surface area contributed by atoms with Gasteiger partial charge in [-0.2, -0.15) is 0 Å². The number of carbonyl (C=O) groups excluding carboxylic acids is 2. The Balaban J connectivity index is 1.73. The zero-order valence-electron chi connectivity index (χ0n) is 18.1. The van der Waals surface area contributed by atoms with Gasteiger partial charge in [0.1, 0.15) is 11.9 Å². The van der Waals surface area contributed by atoms with E-state index in [4.69, 9.17) is 16.3 Å². The van der Waals surface area contributed by atoms with Gasteiger partial charge in [-0.25, -0.2) is 4.39 Å². The predicted octanol–water partition coefficient (Wildman–Crippen LogP) is 4.39. The fourth-order valence-electron chi connectivity index (χ4n) is 3.78. The number of aliphatic imine (C=N–C) groups is 2. The maximum absolute atomic E-state index is 14.3. The highest BCUT2D eigenvalue weighted by atomic mass is 35.5. The van der Waals surface area contributed by atoms with Gasteiger partial charge < -0.3 is 10.1 Å². The van der Waals surface area contributed by atoms with Crippen LogP contribution in [0, 0.1) is 6.92 Å².